The molecule has 5 nitrogen and oxygen atoms in total. The number of amides is 1. The van der Waals surface area contributed by atoms with Crippen LogP contribution in [0.25, 0.3) is 0 Å². The molecule has 0 aromatic heterocycles. The lowest BCUT2D eigenvalue weighted by Gasteiger charge is -2.19. The number of hydrogen-bond acceptors (Lipinski definition) is 3. The average molecular weight is 320 g/mol. The number of carbonyl (C=O) groups excluding carboxylic acids is 1. The summed E-state index contributed by atoms with van der Waals surface area (Å²) in [5.41, 5.74) is 0.692. The Bertz CT molecular complexity index is 751. The Labute approximate surface area is 130 Å². The average Bonchev–Trinajstić information content (AvgIpc) is 2.69. The Balaban J connectivity index is 1.93. The maximum absolute atomic E-state index is 12.5. The Kier molecular flexibility index (Phi) is 3.61. The number of anilines is 1. The van der Waals surface area contributed by atoms with Crippen molar-refractivity contribution >= 4 is 21.6 Å². The monoisotopic (exact) mass is 320 g/mol. The molecule has 1 amide bonds. The van der Waals surface area contributed by atoms with E-state index in [2.05, 4.69) is 10.0 Å². The van der Waals surface area contributed by atoms with Crippen LogP contribution in [0, 0.1) is 0 Å². The van der Waals surface area contributed by atoms with Gasteiger partial charge in [-0.2, -0.15) is 0 Å². The first kappa shape index (κ1) is 15.2. The molecule has 1 aliphatic heterocycles. The molecule has 1 aliphatic carbocycles. The maximum Gasteiger partial charge on any atom is 0.241 e. The SMILES string of the molecule is CC1(C)C(=O)Nc2ccc(S(=O)(=O)NC3C=CCCC3)cc21. The summed E-state index contributed by atoms with van der Waals surface area (Å²) in [5.74, 6) is -0.111. The van der Waals surface area contributed by atoms with Crippen LogP contribution in [0.15, 0.2) is 35.2 Å². The van der Waals surface area contributed by atoms with Gasteiger partial charge in [-0.3, -0.25) is 4.79 Å². The van der Waals surface area contributed by atoms with E-state index in [9.17, 15) is 13.2 Å². The van der Waals surface area contributed by atoms with Crippen molar-refractivity contribution in [3.05, 3.63) is 35.9 Å². The van der Waals surface area contributed by atoms with Crippen LogP contribution >= 0.6 is 0 Å². The highest BCUT2D eigenvalue weighted by Gasteiger charge is 2.39. The van der Waals surface area contributed by atoms with Crippen LogP contribution in [-0.2, 0) is 20.2 Å². The fraction of sp³-hybridized carbons (Fsp3) is 0.438. The van der Waals surface area contributed by atoms with Crippen molar-refractivity contribution in [1.82, 2.24) is 4.72 Å². The van der Waals surface area contributed by atoms with Crippen LogP contribution < -0.4 is 10.0 Å². The van der Waals surface area contributed by atoms with E-state index in [4.69, 9.17) is 0 Å². The second-order valence-electron chi connectivity index (χ2n) is 6.37. The molecular formula is C16H20N2O3S. The van der Waals surface area contributed by atoms with Gasteiger partial charge in [-0.05, 0) is 56.9 Å². The molecular weight excluding hydrogens is 300 g/mol. The first-order valence-electron chi connectivity index (χ1n) is 7.46. The fourth-order valence-electron chi connectivity index (χ4n) is 2.90. The molecule has 1 atom stereocenters. The molecule has 2 aliphatic rings. The Morgan fingerprint density at radius 3 is 2.77 bits per heavy atom. The van der Waals surface area contributed by atoms with Gasteiger partial charge in [0.1, 0.15) is 0 Å². The molecule has 6 heteroatoms. The van der Waals surface area contributed by atoms with E-state index >= 15 is 0 Å². The molecule has 1 heterocycles. The van der Waals surface area contributed by atoms with E-state index in [1.165, 1.54) is 6.07 Å². The summed E-state index contributed by atoms with van der Waals surface area (Å²) in [6, 6.07) is 4.64. The highest BCUT2D eigenvalue weighted by molar-refractivity contribution is 7.89. The van der Waals surface area contributed by atoms with Crippen molar-refractivity contribution in [3.63, 3.8) is 0 Å². The molecule has 1 unspecified atom stereocenters. The normalized spacial score (nSPS) is 23.2. The zero-order valence-electron chi connectivity index (χ0n) is 12.7. The minimum absolute atomic E-state index is 0.111. The van der Waals surface area contributed by atoms with E-state index in [0.717, 1.165) is 24.8 Å². The van der Waals surface area contributed by atoms with Crippen molar-refractivity contribution < 1.29 is 13.2 Å². The second-order valence-corrected chi connectivity index (χ2v) is 8.09. The molecule has 2 N–H and O–H groups in total. The number of rotatable bonds is 3. The smallest absolute Gasteiger partial charge is 0.241 e. The lowest BCUT2D eigenvalue weighted by molar-refractivity contribution is -0.119. The van der Waals surface area contributed by atoms with Crippen molar-refractivity contribution in [3.8, 4) is 0 Å². The second kappa shape index (κ2) is 5.21. The number of carbonyl (C=O) groups is 1. The van der Waals surface area contributed by atoms with E-state index in [0.29, 0.717) is 5.69 Å². The highest BCUT2D eigenvalue weighted by Crippen LogP contribution is 2.38. The minimum Gasteiger partial charge on any atom is -0.325 e. The molecule has 1 aromatic rings. The summed E-state index contributed by atoms with van der Waals surface area (Å²) in [5, 5.41) is 2.78. The van der Waals surface area contributed by atoms with Gasteiger partial charge in [-0.15, -0.1) is 0 Å². The molecule has 22 heavy (non-hydrogen) atoms. The lowest BCUT2D eigenvalue weighted by atomic mass is 9.86. The molecule has 0 bridgehead atoms. The van der Waals surface area contributed by atoms with Crippen molar-refractivity contribution in [1.29, 1.82) is 0 Å². The Hall–Kier alpha value is -1.66. The third-order valence-electron chi connectivity index (χ3n) is 4.35. The van der Waals surface area contributed by atoms with Gasteiger partial charge in [0.15, 0.2) is 0 Å². The first-order chi connectivity index (χ1) is 10.3. The third kappa shape index (κ3) is 2.57. The Morgan fingerprint density at radius 2 is 2.09 bits per heavy atom. The van der Waals surface area contributed by atoms with Crippen LogP contribution in [0.3, 0.4) is 0 Å². The lowest BCUT2D eigenvalue weighted by Crippen LogP contribution is -2.34. The van der Waals surface area contributed by atoms with Gasteiger partial charge < -0.3 is 5.32 Å². The number of nitrogens with one attached hydrogen (secondary N) is 2. The van der Waals surface area contributed by atoms with E-state index in [-0.39, 0.29) is 16.8 Å². The quantitative estimate of drug-likeness (QED) is 0.839. The summed E-state index contributed by atoms with van der Waals surface area (Å²) in [6.07, 6.45) is 6.71. The molecule has 3 rings (SSSR count). The largest absolute Gasteiger partial charge is 0.325 e. The summed E-state index contributed by atoms with van der Waals surface area (Å²) in [6.45, 7) is 3.59. The van der Waals surface area contributed by atoms with Crippen LogP contribution in [0.4, 0.5) is 5.69 Å². The Morgan fingerprint density at radius 1 is 1.32 bits per heavy atom. The summed E-state index contributed by atoms with van der Waals surface area (Å²) in [4.78, 5) is 12.1. The number of sulfonamides is 1. The first-order valence-corrected chi connectivity index (χ1v) is 8.94. The summed E-state index contributed by atoms with van der Waals surface area (Å²) >= 11 is 0. The number of allylic oxidation sites excluding steroid dienone is 1. The van der Waals surface area contributed by atoms with Gasteiger partial charge in [0.2, 0.25) is 15.9 Å². The molecule has 0 saturated carbocycles. The topological polar surface area (TPSA) is 75.3 Å². The summed E-state index contributed by atoms with van der Waals surface area (Å²) in [7, 11) is -3.59. The van der Waals surface area contributed by atoms with Crippen LogP contribution in [0.1, 0.15) is 38.7 Å². The van der Waals surface area contributed by atoms with Gasteiger partial charge in [-0.1, -0.05) is 12.2 Å². The zero-order valence-corrected chi connectivity index (χ0v) is 13.5. The van der Waals surface area contributed by atoms with Gasteiger partial charge in [0, 0.05) is 11.7 Å². The molecule has 1 aromatic carbocycles. The van der Waals surface area contributed by atoms with E-state index in [1.807, 2.05) is 12.2 Å². The summed E-state index contributed by atoms with van der Waals surface area (Å²) < 4.78 is 27.8. The van der Waals surface area contributed by atoms with Crippen LogP contribution in [0.2, 0.25) is 0 Å². The van der Waals surface area contributed by atoms with Gasteiger partial charge in [0.25, 0.3) is 0 Å². The van der Waals surface area contributed by atoms with Crippen LogP contribution in [-0.4, -0.2) is 20.4 Å². The third-order valence-corrected chi connectivity index (χ3v) is 5.84. The predicted octanol–water partition coefficient (Wildman–Crippen LogP) is 2.30. The van der Waals surface area contributed by atoms with Gasteiger partial charge in [-0.25, -0.2) is 13.1 Å². The standard InChI is InChI=1S/C16H20N2O3S/c1-16(2)13-10-12(8-9-14(13)17-15(16)19)22(20,21)18-11-6-4-3-5-7-11/h4,6,8-11,18H,3,5,7H2,1-2H3,(H,17,19). The van der Waals surface area contributed by atoms with E-state index < -0.39 is 15.4 Å². The van der Waals surface area contributed by atoms with Gasteiger partial charge >= 0.3 is 0 Å². The molecule has 0 radical (unpaired) electrons. The maximum atomic E-state index is 12.5. The number of hydrogen-bond donors (Lipinski definition) is 2. The minimum atomic E-state index is -3.59. The van der Waals surface area contributed by atoms with E-state index in [1.54, 1.807) is 26.0 Å². The van der Waals surface area contributed by atoms with Crippen molar-refractivity contribution in [2.45, 2.75) is 49.5 Å². The molecule has 118 valence electrons. The van der Waals surface area contributed by atoms with Crippen molar-refractivity contribution in [2.24, 2.45) is 0 Å². The molecule has 0 saturated heterocycles. The molecule has 0 spiro atoms. The number of benzene rings is 1. The predicted molar refractivity (Wildman–Crippen MR) is 85.2 cm³/mol. The molecule has 0 fully saturated rings. The van der Waals surface area contributed by atoms with Crippen molar-refractivity contribution in [2.75, 3.05) is 5.32 Å². The zero-order chi connectivity index (χ0) is 16.0. The fourth-order valence-corrected chi connectivity index (χ4v) is 4.15. The highest BCUT2D eigenvalue weighted by atomic mass is 32.2. The number of fused-ring (bicyclic) bond motifs is 1. The van der Waals surface area contributed by atoms with Crippen LogP contribution in [0.5, 0.6) is 0 Å². The van der Waals surface area contributed by atoms with Gasteiger partial charge in [0.05, 0.1) is 10.3 Å².